The van der Waals surface area contributed by atoms with Crippen LogP contribution >= 0.6 is 11.6 Å². The smallest absolute Gasteiger partial charge is 0.299 e. The van der Waals surface area contributed by atoms with Crippen LogP contribution < -0.4 is 9.47 Å². The van der Waals surface area contributed by atoms with E-state index in [1.165, 1.54) is 12.1 Å². The summed E-state index contributed by atoms with van der Waals surface area (Å²) in [6.45, 7) is 0.437. The highest BCUT2D eigenvalue weighted by molar-refractivity contribution is 6.43. The number of halogens is 2. The number of rotatable bonds is 6. The zero-order valence-electron chi connectivity index (χ0n) is 15.2. The molecule has 0 bridgehead atoms. The molecule has 1 aliphatic rings. The van der Waals surface area contributed by atoms with Crippen molar-refractivity contribution in [3.8, 4) is 23.3 Å². The SMILES string of the molecule is O=C(C1=NOCCO1)c1ccccc1Oc1ncnc(Oc2ccccc2Cl)c1F. The lowest BCUT2D eigenvalue weighted by Crippen LogP contribution is -2.24. The van der Waals surface area contributed by atoms with E-state index in [0.29, 0.717) is 0 Å². The van der Waals surface area contributed by atoms with Crippen molar-refractivity contribution in [1.29, 1.82) is 0 Å². The molecule has 2 heterocycles. The molecule has 0 amide bonds. The van der Waals surface area contributed by atoms with Crippen LogP contribution in [0.4, 0.5) is 4.39 Å². The molecular weight excluding hydrogens is 417 g/mol. The summed E-state index contributed by atoms with van der Waals surface area (Å²) in [5.41, 5.74) is 0.0911. The van der Waals surface area contributed by atoms with Crippen molar-refractivity contribution in [3.05, 3.63) is 71.3 Å². The third-order valence-corrected chi connectivity index (χ3v) is 4.17. The molecule has 0 unspecified atom stereocenters. The largest absolute Gasteiger partial charge is 0.469 e. The molecular formula is C20H13ClFN3O5. The number of ketones is 1. The Morgan fingerprint density at radius 2 is 1.63 bits per heavy atom. The van der Waals surface area contributed by atoms with Crippen LogP contribution in [0.2, 0.25) is 5.02 Å². The van der Waals surface area contributed by atoms with Gasteiger partial charge in [0, 0.05) is 0 Å². The summed E-state index contributed by atoms with van der Waals surface area (Å²) in [4.78, 5) is 25.1. The molecule has 8 nitrogen and oxygen atoms in total. The monoisotopic (exact) mass is 429 g/mol. The van der Waals surface area contributed by atoms with Crippen LogP contribution in [0.5, 0.6) is 23.3 Å². The Balaban J connectivity index is 1.62. The molecule has 0 saturated heterocycles. The lowest BCUT2D eigenvalue weighted by Gasteiger charge is -2.14. The molecule has 0 atom stereocenters. The summed E-state index contributed by atoms with van der Waals surface area (Å²) < 4.78 is 31.1. The molecule has 2 aromatic carbocycles. The average Bonchev–Trinajstić information content (AvgIpc) is 2.78. The minimum absolute atomic E-state index is 0.0423. The van der Waals surface area contributed by atoms with Crippen LogP contribution in [0, 0.1) is 5.82 Å². The van der Waals surface area contributed by atoms with E-state index in [4.69, 9.17) is 30.6 Å². The molecule has 3 aromatic rings. The Labute approximate surface area is 174 Å². The summed E-state index contributed by atoms with van der Waals surface area (Å²) in [7, 11) is 0. The van der Waals surface area contributed by atoms with Crippen molar-refractivity contribution in [3.63, 3.8) is 0 Å². The summed E-state index contributed by atoms with van der Waals surface area (Å²) >= 11 is 6.03. The van der Waals surface area contributed by atoms with E-state index < -0.39 is 17.5 Å². The molecule has 152 valence electrons. The number of para-hydroxylation sites is 2. The van der Waals surface area contributed by atoms with Gasteiger partial charge in [-0.2, -0.15) is 14.4 Å². The van der Waals surface area contributed by atoms with Crippen molar-refractivity contribution >= 4 is 23.3 Å². The average molecular weight is 430 g/mol. The number of hydrogen-bond donors (Lipinski definition) is 0. The Morgan fingerprint density at radius 3 is 2.33 bits per heavy atom. The van der Waals surface area contributed by atoms with Crippen LogP contribution in [-0.4, -0.2) is 34.9 Å². The number of benzene rings is 2. The van der Waals surface area contributed by atoms with E-state index in [2.05, 4.69) is 15.1 Å². The van der Waals surface area contributed by atoms with Crippen molar-refractivity contribution in [2.75, 3.05) is 13.2 Å². The van der Waals surface area contributed by atoms with Gasteiger partial charge in [-0.25, -0.2) is 0 Å². The molecule has 0 saturated carbocycles. The second-order valence-electron chi connectivity index (χ2n) is 5.84. The highest BCUT2D eigenvalue weighted by Gasteiger charge is 2.24. The van der Waals surface area contributed by atoms with Gasteiger partial charge in [0.2, 0.25) is 5.82 Å². The van der Waals surface area contributed by atoms with Gasteiger partial charge in [0.25, 0.3) is 23.4 Å². The minimum Gasteiger partial charge on any atom is -0.469 e. The maximum absolute atomic E-state index is 14.9. The van der Waals surface area contributed by atoms with Crippen LogP contribution in [0.3, 0.4) is 0 Å². The van der Waals surface area contributed by atoms with Gasteiger partial charge in [0.15, 0.2) is 6.61 Å². The number of oxime groups is 1. The third kappa shape index (κ3) is 4.15. The van der Waals surface area contributed by atoms with Gasteiger partial charge in [-0.3, -0.25) is 4.79 Å². The number of ether oxygens (including phenoxy) is 3. The van der Waals surface area contributed by atoms with Crippen molar-refractivity contribution in [2.45, 2.75) is 0 Å². The first-order valence-electron chi connectivity index (χ1n) is 8.70. The number of hydrogen-bond acceptors (Lipinski definition) is 8. The third-order valence-electron chi connectivity index (χ3n) is 3.86. The van der Waals surface area contributed by atoms with E-state index in [1.54, 1.807) is 36.4 Å². The van der Waals surface area contributed by atoms with Gasteiger partial charge < -0.3 is 19.0 Å². The maximum Gasteiger partial charge on any atom is 0.299 e. The fourth-order valence-corrected chi connectivity index (χ4v) is 2.66. The predicted octanol–water partition coefficient (Wildman–Crippen LogP) is 4.40. The quantitative estimate of drug-likeness (QED) is 0.536. The molecule has 30 heavy (non-hydrogen) atoms. The first-order chi connectivity index (χ1) is 14.6. The van der Waals surface area contributed by atoms with Gasteiger partial charge in [-0.1, -0.05) is 35.9 Å². The molecule has 0 aliphatic carbocycles. The summed E-state index contributed by atoms with van der Waals surface area (Å²) in [6, 6.07) is 12.7. The predicted molar refractivity (Wildman–Crippen MR) is 104 cm³/mol. The van der Waals surface area contributed by atoms with E-state index in [0.717, 1.165) is 6.33 Å². The van der Waals surface area contributed by atoms with Crippen LogP contribution in [0.1, 0.15) is 10.4 Å². The van der Waals surface area contributed by atoms with Gasteiger partial charge in [0.1, 0.15) is 24.4 Å². The van der Waals surface area contributed by atoms with Crippen LogP contribution in [0.25, 0.3) is 0 Å². The Bertz CT molecular complexity index is 1130. The van der Waals surface area contributed by atoms with Gasteiger partial charge >= 0.3 is 0 Å². The van der Waals surface area contributed by atoms with Crippen molar-refractivity contribution in [1.82, 2.24) is 9.97 Å². The molecule has 0 fully saturated rings. The molecule has 4 rings (SSSR count). The first-order valence-corrected chi connectivity index (χ1v) is 9.08. The molecule has 0 spiro atoms. The lowest BCUT2D eigenvalue weighted by molar-refractivity contribution is 0.0584. The lowest BCUT2D eigenvalue weighted by atomic mass is 10.1. The molecule has 0 radical (unpaired) electrons. The first kappa shape index (κ1) is 19.6. The van der Waals surface area contributed by atoms with Gasteiger partial charge in [-0.15, -0.1) is 0 Å². The van der Waals surface area contributed by atoms with E-state index in [1.807, 2.05) is 0 Å². The number of aromatic nitrogens is 2. The van der Waals surface area contributed by atoms with E-state index in [9.17, 15) is 9.18 Å². The van der Waals surface area contributed by atoms with E-state index >= 15 is 0 Å². The summed E-state index contributed by atoms with van der Waals surface area (Å²) in [6.07, 6.45) is 1.07. The normalized spacial score (nSPS) is 12.9. The van der Waals surface area contributed by atoms with Crippen molar-refractivity contribution in [2.24, 2.45) is 5.16 Å². The summed E-state index contributed by atoms with van der Waals surface area (Å²) in [5, 5.41) is 3.88. The molecule has 1 aliphatic heterocycles. The minimum atomic E-state index is -0.964. The van der Waals surface area contributed by atoms with Gasteiger partial charge in [0.05, 0.1) is 10.6 Å². The van der Waals surface area contributed by atoms with Crippen LogP contribution in [-0.2, 0) is 9.57 Å². The Kier molecular flexibility index (Phi) is 5.71. The summed E-state index contributed by atoms with van der Waals surface area (Å²) in [5.74, 6) is -2.32. The number of nitrogens with zero attached hydrogens (tertiary/aromatic N) is 3. The second-order valence-corrected chi connectivity index (χ2v) is 6.24. The molecule has 0 N–H and O–H groups in total. The standard InChI is InChI=1S/C20H13ClFN3O5/c21-13-6-2-4-8-15(13)30-19-16(22)18(23-11-24-19)29-14-7-3-1-5-12(14)17(26)20-25-28-10-9-27-20/h1-8,11H,9-10H2. The fraction of sp³-hybridized carbons (Fsp3) is 0.100. The Hall–Kier alpha value is -3.72. The maximum atomic E-state index is 14.9. The molecule has 1 aromatic heterocycles. The topological polar surface area (TPSA) is 92.1 Å². The van der Waals surface area contributed by atoms with Crippen molar-refractivity contribution < 1.29 is 28.2 Å². The van der Waals surface area contributed by atoms with E-state index in [-0.39, 0.29) is 47.1 Å². The zero-order chi connectivity index (χ0) is 20.9. The number of carbonyl (C=O) groups excluding carboxylic acids is 1. The second kappa shape index (κ2) is 8.75. The number of Topliss-reactive ketones (excluding diaryl/α,β-unsaturated/α-hetero) is 1. The highest BCUT2D eigenvalue weighted by atomic mass is 35.5. The highest BCUT2D eigenvalue weighted by Crippen LogP contribution is 2.33. The van der Waals surface area contributed by atoms with Gasteiger partial charge in [-0.05, 0) is 29.4 Å². The number of carbonyl (C=O) groups is 1. The zero-order valence-corrected chi connectivity index (χ0v) is 16.0. The molecule has 10 heteroatoms. The fourth-order valence-electron chi connectivity index (χ4n) is 2.49. The van der Waals surface area contributed by atoms with Crippen LogP contribution in [0.15, 0.2) is 60.0 Å². The Morgan fingerprint density at radius 1 is 0.967 bits per heavy atom.